The van der Waals surface area contributed by atoms with Crippen molar-refractivity contribution in [2.75, 3.05) is 31.1 Å². The van der Waals surface area contributed by atoms with Gasteiger partial charge >= 0.3 is 0 Å². The first-order valence-corrected chi connectivity index (χ1v) is 12.9. The normalized spacial score (nSPS) is 15.5. The minimum absolute atomic E-state index is 0.00109. The van der Waals surface area contributed by atoms with E-state index in [1.54, 1.807) is 17.7 Å². The average Bonchev–Trinajstić information content (AvgIpc) is 3.33. The summed E-state index contributed by atoms with van der Waals surface area (Å²) in [5.74, 6) is 0.925. The fourth-order valence-corrected chi connectivity index (χ4v) is 5.43. The topological polar surface area (TPSA) is 70.5 Å². The molecule has 0 amide bonds. The average molecular weight is 513 g/mol. The van der Waals surface area contributed by atoms with E-state index in [1.807, 2.05) is 18.2 Å². The molecule has 1 atom stereocenters. The van der Waals surface area contributed by atoms with Crippen molar-refractivity contribution in [1.29, 1.82) is 0 Å². The molecule has 182 valence electrons. The maximum atomic E-state index is 13.3. The second-order valence-corrected chi connectivity index (χ2v) is 9.87. The molecule has 1 aliphatic heterocycles. The molecule has 2 N–H and O–H groups in total. The molecule has 3 heterocycles. The van der Waals surface area contributed by atoms with Gasteiger partial charge in [-0.15, -0.1) is 11.3 Å². The minimum atomic E-state index is -0.683. The molecule has 35 heavy (non-hydrogen) atoms. The van der Waals surface area contributed by atoms with Gasteiger partial charge in [-0.05, 0) is 30.5 Å². The third-order valence-corrected chi connectivity index (χ3v) is 7.38. The van der Waals surface area contributed by atoms with Gasteiger partial charge < -0.3 is 20.1 Å². The van der Waals surface area contributed by atoms with Crippen molar-refractivity contribution in [3.05, 3.63) is 71.1 Å². The summed E-state index contributed by atoms with van der Waals surface area (Å²) in [5.41, 5.74) is 2.34. The van der Waals surface area contributed by atoms with Gasteiger partial charge in [-0.25, -0.2) is 14.4 Å². The smallest absolute Gasteiger partial charge is 0.142 e. The Morgan fingerprint density at radius 1 is 1.17 bits per heavy atom. The van der Waals surface area contributed by atoms with Gasteiger partial charge in [0.25, 0.3) is 0 Å². The molecule has 1 fully saturated rings. The van der Waals surface area contributed by atoms with Crippen molar-refractivity contribution in [1.82, 2.24) is 15.3 Å². The van der Waals surface area contributed by atoms with Gasteiger partial charge in [-0.2, -0.15) is 0 Å². The van der Waals surface area contributed by atoms with E-state index in [2.05, 4.69) is 37.7 Å². The lowest BCUT2D eigenvalue weighted by atomic mass is 10.0. The van der Waals surface area contributed by atoms with Crippen LogP contribution in [-0.4, -0.2) is 53.5 Å². The SMILES string of the molecule is OC(CNC1CCN(c2ncnc3scc(-c4ccccc4)c23)CC1)COc1ccc(F)c(Cl)c1. The summed E-state index contributed by atoms with van der Waals surface area (Å²) in [4.78, 5) is 12.5. The molecule has 0 bridgehead atoms. The first-order chi connectivity index (χ1) is 17.1. The number of aliphatic hydroxyl groups excluding tert-OH is 1. The van der Waals surface area contributed by atoms with Crippen LogP contribution in [0.4, 0.5) is 10.2 Å². The molecule has 0 radical (unpaired) electrons. The number of thiophene rings is 1. The maximum Gasteiger partial charge on any atom is 0.142 e. The van der Waals surface area contributed by atoms with Crippen LogP contribution in [0.3, 0.4) is 0 Å². The molecule has 0 aliphatic carbocycles. The zero-order chi connectivity index (χ0) is 24.2. The molecule has 5 rings (SSSR count). The van der Waals surface area contributed by atoms with Crippen LogP contribution < -0.4 is 15.0 Å². The standard InChI is InChI=1S/C26H26ClFN4O2S/c27-22-12-20(6-7-23(22)28)34-14-19(33)13-29-18-8-10-32(11-9-18)25-24-21(17-4-2-1-3-5-17)15-35-26(24)31-16-30-25/h1-7,12,15-16,18-19,29,33H,8-11,13-14H2. The van der Waals surface area contributed by atoms with E-state index in [1.165, 1.54) is 29.3 Å². The molecule has 2 aromatic carbocycles. The number of nitrogens with one attached hydrogen (secondary N) is 1. The molecule has 1 saturated heterocycles. The second-order valence-electron chi connectivity index (χ2n) is 8.60. The Balaban J connectivity index is 1.16. The van der Waals surface area contributed by atoms with Crippen LogP contribution in [0.2, 0.25) is 5.02 Å². The van der Waals surface area contributed by atoms with E-state index in [9.17, 15) is 9.50 Å². The summed E-state index contributed by atoms with van der Waals surface area (Å²) >= 11 is 7.42. The number of hydrogen-bond acceptors (Lipinski definition) is 7. The van der Waals surface area contributed by atoms with E-state index in [0.29, 0.717) is 18.3 Å². The number of benzene rings is 2. The van der Waals surface area contributed by atoms with Crippen molar-refractivity contribution < 1.29 is 14.2 Å². The Labute approximate surface area is 212 Å². The Morgan fingerprint density at radius 3 is 2.74 bits per heavy atom. The zero-order valence-corrected chi connectivity index (χ0v) is 20.6. The van der Waals surface area contributed by atoms with Crippen molar-refractivity contribution in [3.8, 4) is 16.9 Å². The van der Waals surface area contributed by atoms with Crippen LogP contribution in [0.5, 0.6) is 5.75 Å². The van der Waals surface area contributed by atoms with E-state index in [-0.39, 0.29) is 11.6 Å². The van der Waals surface area contributed by atoms with Gasteiger partial charge in [-0.1, -0.05) is 41.9 Å². The number of aliphatic hydroxyl groups is 1. The molecule has 1 unspecified atom stereocenters. The summed E-state index contributed by atoms with van der Waals surface area (Å²) in [6.07, 6.45) is 2.85. The highest BCUT2D eigenvalue weighted by Gasteiger charge is 2.24. The third kappa shape index (κ3) is 5.56. The molecule has 4 aromatic rings. The number of piperidine rings is 1. The van der Waals surface area contributed by atoms with E-state index in [4.69, 9.17) is 16.3 Å². The van der Waals surface area contributed by atoms with Crippen LogP contribution in [0.15, 0.2) is 60.2 Å². The summed E-state index contributed by atoms with van der Waals surface area (Å²) in [5, 5.41) is 17.0. The Bertz CT molecular complexity index is 1280. The Morgan fingerprint density at radius 2 is 1.97 bits per heavy atom. The monoisotopic (exact) mass is 512 g/mol. The highest BCUT2D eigenvalue weighted by atomic mass is 35.5. The molecule has 9 heteroatoms. The number of rotatable bonds is 8. The predicted octanol–water partition coefficient (Wildman–Crippen LogP) is 5.15. The highest BCUT2D eigenvalue weighted by molar-refractivity contribution is 7.17. The lowest BCUT2D eigenvalue weighted by molar-refractivity contribution is 0.102. The molecular weight excluding hydrogens is 487 g/mol. The number of halogens is 2. The molecule has 2 aromatic heterocycles. The van der Waals surface area contributed by atoms with Gasteiger partial charge in [-0.3, -0.25) is 0 Å². The largest absolute Gasteiger partial charge is 0.491 e. The van der Waals surface area contributed by atoms with Gasteiger partial charge in [0, 0.05) is 42.7 Å². The lowest BCUT2D eigenvalue weighted by Crippen LogP contribution is -2.45. The number of ether oxygens (including phenoxy) is 1. The van der Waals surface area contributed by atoms with Crippen molar-refractivity contribution in [3.63, 3.8) is 0 Å². The third-order valence-electron chi connectivity index (χ3n) is 6.21. The minimum Gasteiger partial charge on any atom is -0.491 e. The first kappa shape index (κ1) is 23.9. The van der Waals surface area contributed by atoms with Crippen LogP contribution in [0.1, 0.15) is 12.8 Å². The molecule has 0 spiro atoms. The highest BCUT2D eigenvalue weighted by Crippen LogP contribution is 2.38. The number of aromatic nitrogens is 2. The number of anilines is 1. The Kier molecular flexibility index (Phi) is 7.43. The second kappa shape index (κ2) is 10.9. The van der Waals surface area contributed by atoms with Crippen molar-refractivity contribution in [2.45, 2.75) is 25.0 Å². The van der Waals surface area contributed by atoms with Crippen LogP contribution >= 0.6 is 22.9 Å². The number of hydrogen-bond donors (Lipinski definition) is 2. The summed E-state index contributed by atoms with van der Waals surface area (Å²) in [6.45, 7) is 2.26. The molecule has 1 aliphatic rings. The fraction of sp³-hybridized carbons (Fsp3) is 0.308. The Hall–Kier alpha value is -2.78. The van der Waals surface area contributed by atoms with E-state index >= 15 is 0 Å². The van der Waals surface area contributed by atoms with Crippen LogP contribution in [0.25, 0.3) is 21.3 Å². The van der Waals surface area contributed by atoms with Gasteiger partial charge in [0.15, 0.2) is 0 Å². The summed E-state index contributed by atoms with van der Waals surface area (Å²) in [7, 11) is 0. The molecular formula is C26H26ClFN4O2S. The number of nitrogens with zero attached hydrogens (tertiary/aromatic N) is 3. The molecule has 6 nitrogen and oxygen atoms in total. The van der Waals surface area contributed by atoms with Gasteiger partial charge in [0.1, 0.15) is 41.3 Å². The zero-order valence-electron chi connectivity index (χ0n) is 19.0. The number of fused-ring (bicyclic) bond motifs is 1. The molecule has 0 saturated carbocycles. The van der Waals surface area contributed by atoms with E-state index in [0.717, 1.165) is 42.0 Å². The van der Waals surface area contributed by atoms with Crippen LogP contribution in [0, 0.1) is 5.82 Å². The summed E-state index contributed by atoms with van der Waals surface area (Å²) < 4.78 is 18.8. The van der Waals surface area contributed by atoms with Crippen molar-refractivity contribution in [2.24, 2.45) is 0 Å². The first-order valence-electron chi connectivity index (χ1n) is 11.6. The van der Waals surface area contributed by atoms with E-state index < -0.39 is 11.9 Å². The maximum absolute atomic E-state index is 13.3. The lowest BCUT2D eigenvalue weighted by Gasteiger charge is -2.34. The quantitative estimate of drug-likeness (QED) is 0.340. The fourth-order valence-electron chi connectivity index (χ4n) is 4.35. The van der Waals surface area contributed by atoms with Gasteiger partial charge in [0.2, 0.25) is 0 Å². The summed E-state index contributed by atoms with van der Waals surface area (Å²) in [6, 6.07) is 14.8. The van der Waals surface area contributed by atoms with Crippen molar-refractivity contribution >= 4 is 39.0 Å². The van der Waals surface area contributed by atoms with Gasteiger partial charge in [0.05, 0.1) is 10.4 Å². The van der Waals surface area contributed by atoms with Crippen LogP contribution in [-0.2, 0) is 0 Å². The predicted molar refractivity (Wildman–Crippen MR) is 139 cm³/mol.